The summed E-state index contributed by atoms with van der Waals surface area (Å²) in [6.07, 6.45) is 0.998. The number of hydrogen-bond donors (Lipinski definition) is 0. The van der Waals surface area contributed by atoms with Crippen molar-refractivity contribution in [3.05, 3.63) is 11.4 Å². The maximum atomic E-state index is 6.01. The zero-order valence-electron chi connectivity index (χ0n) is 8.37. The van der Waals surface area contributed by atoms with Crippen molar-refractivity contribution >= 4 is 17.5 Å². The molecule has 1 aliphatic heterocycles. The second-order valence-electron chi connectivity index (χ2n) is 3.61. The molecule has 0 saturated carbocycles. The van der Waals surface area contributed by atoms with E-state index in [1.54, 1.807) is 0 Å². The number of alkyl halides is 1. The van der Waals surface area contributed by atoms with Gasteiger partial charge in [-0.3, -0.25) is 0 Å². The maximum Gasteiger partial charge on any atom is 0.245 e. The Morgan fingerprint density at radius 2 is 2.07 bits per heavy atom. The normalized spacial score (nSPS) is 21.6. The number of hydrogen-bond acceptors (Lipinski definition) is 4. The molecule has 2 heterocycles. The predicted octanol–water partition coefficient (Wildman–Crippen LogP) is 1.31. The van der Waals surface area contributed by atoms with E-state index in [0.717, 1.165) is 30.9 Å². The zero-order chi connectivity index (χ0) is 10.1. The van der Waals surface area contributed by atoms with Crippen LogP contribution in [0.5, 0.6) is 0 Å². The van der Waals surface area contributed by atoms with Gasteiger partial charge < -0.3 is 4.90 Å². The molecular weight excluding hydrogens is 200 g/mol. The summed E-state index contributed by atoms with van der Waals surface area (Å²) in [6, 6.07) is 0. The first-order valence-corrected chi connectivity index (χ1v) is 5.17. The van der Waals surface area contributed by atoms with Gasteiger partial charge in [0.15, 0.2) is 0 Å². The molecule has 1 aliphatic rings. The number of aromatic nitrogens is 3. The Hall–Kier alpha value is -0.900. The summed E-state index contributed by atoms with van der Waals surface area (Å²) in [5, 5.41) is 8.34. The average Bonchev–Trinajstić information content (AvgIpc) is 2.57. The molecule has 0 amide bonds. The Labute approximate surface area is 88.3 Å². The first-order valence-electron chi connectivity index (χ1n) is 4.74. The molecule has 76 valence electrons. The van der Waals surface area contributed by atoms with E-state index in [4.69, 9.17) is 11.6 Å². The summed E-state index contributed by atoms with van der Waals surface area (Å²) in [6.45, 7) is 5.61. The van der Waals surface area contributed by atoms with Crippen molar-refractivity contribution in [1.82, 2.24) is 15.2 Å². The highest BCUT2D eigenvalue weighted by atomic mass is 35.5. The Bertz CT molecular complexity index is 342. The van der Waals surface area contributed by atoms with E-state index in [0.29, 0.717) is 5.95 Å². The van der Waals surface area contributed by atoms with Gasteiger partial charge in [-0.15, -0.1) is 16.7 Å². The van der Waals surface area contributed by atoms with E-state index < -0.39 is 0 Å². The van der Waals surface area contributed by atoms with Crippen LogP contribution in [0.4, 0.5) is 5.95 Å². The topological polar surface area (TPSA) is 41.9 Å². The molecule has 1 atom stereocenters. The highest BCUT2D eigenvalue weighted by molar-refractivity contribution is 6.21. The lowest BCUT2D eigenvalue weighted by Gasteiger charge is -2.14. The predicted molar refractivity (Wildman–Crippen MR) is 55.8 cm³/mol. The summed E-state index contributed by atoms with van der Waals surface area (Å²) >= 11 is 6.01. The minimum Gasteiger partial charge on any atom is -0.338 e. The number of rotatable bonds is 1. The number of halogens is 1. The van der Waals surface area contributed by atoms with Crippen molar-refractivity contribution in [2.75, 3.05) is 18.0 Å². The van der Waals surface area contributed by atoms with Crippen molar-refractivity contribution in [3.8, 4) is 0 Å². The molecule has 2 rings (SSSR count). The van der Waals surface area contributed by atoms with E-state index in [1.807, 2.05) is 13.8 Å². The Morgan fingerprint density at radius 3 is 2.64 bits per heavy atom. The molecule has 0 spiro atoms. The molecule has 0 bridgehead atoms. The van der Waals surface area contributed by atoms with Crippen molar-refractivity contribution in [1.29, 1.82) is 0 Å². The largest absolute Gasteiger partial charge is 0.338 e. The summed E-state index contributed by atoms with van der Waals surface area (Å²) in [5.74, 6) is 0.705. The van der Waals surface area contributed by atoms with E-state index in [1.165, 1.54) is 0 Å². The third-order valence-corrected chi connectivity index (χ3v) is 2.85. The van der Waals surface area contributed by atoms with Crippen LogP contribution in [0.25, 0.3) is 0 Å². The fourth-order valence-electron chi connectivity index (χ4n) is 1.48. The van der Waals surface area contributed by atoms with Gasteiger partial charge >= 0.3 is 0 Å². The second kappa shape index (κ2) is 3.69. The van der Waals surface area contributed by atoms with Gasteiger partial charge in [-0.05, 0) is 20.3 Å². The molecule has 1 unspecified atom stereocenters. The van der Waals surface area contributed by atoms with Gasteiger partial charge in [0.1, 0.15) is 0 Å². The van der Waals surface area contributed by atoms with Gasteiger partial charge in [-0.25, -0.2) is 4.98 Å². The van der Waals surface area contributed by atoms with E-state index in [2.05, 4.69) is 20.1 Å². The van der Waals surface area contributed by atoms with Gasteiger partial charge in [0.05, 0.1) is 16.8 Å². The van der Waals surface area contributed by atoms with Crippen molar-refractivity contribution in [3.63, 3.8) is 0 Å². The maximum absolute atomic E-state index is 6.01. The lowest BCUT2D eigenvalue weighted by Crippen LogP contribution is -2.23. The van der Waals surface area contributed by atoms with Crippen LogP contribution in [0.2, 0.25) is 0 Å². The number of aryl methyl sites for hydroxylation is 2. The minimum atomic E-state index is 0.222. The molecule has 0 radical (unpaired) electrons. The fraction of sp³-hybridized carbons (Fsp3) is 0.667. The van der Waals surface area contributed by atoms with Crippen molar-refractivity contribution < 1.29 is 0 Å². The van der Waals surface area contributed by atoms with E-state index in [-0.39, 0.29) is 5.38 Å². The molecule has 1 fully saturated rings. The summed E-state index contributed by atoms with van der Waals surface area (Å²) in [5.41, 5.74) is 1.82. The Balaban J connectivity index is 2.20. The molecule has 1 aromatic heterocycles. The highest BCUT2D eigenvalue weighted by Gasteiger charge is 2.22. The van der Waals surface area contributed by atoms with Crippen LogP contribution in [0.1, 0.15) is 17.8 Å². The molecule has 14 heavy (non-hydrogen) atoms. The fourth-order valence-corrected chi connectivity index (χ4v) is 1.74. The lowest BCUT2D eigenvalue weighted by atomic mass is 10.4. The second-order valence-corrected chi connectivity index (χ2v) is 4.23. The Morgan fingerprint density at radius 1 is 1.29 bits per heavy atom. The molecule has 0 aliphatic carbocycles. The summed E-state index contributed by atoms with van der Waals surface area (Å²) in [4.78, 5) is 6.46. The van der Waals surface area contributed by atoms with E-state index >= 15 is 0 Å². The number of nitrogens with zero attached hydrogens (tertiary/aromatic N) is 4. The molecule has 1 saturated heterocycles. The van der Waals surface area contributed by atoms with Crippen LogP contribution in [0.3, 0.4) is 0 Å². The van der Waals surface area contributed by atoms with Crippen LogP contribution in [-0.4, -0.2) is 33.6 Å². The van der Waals surface area contributed by atoms with Crippen LogP contribution in [0.15, 0.2) is 0 Å². The molecule has 5 heteroatoms. The van der Waals surface area contributed by atoms with Crippen LogP contribution in [-0.2, 0) is 0 Å². The van der Waals surface area contributed by atoms with Gasteiger partial charge in [-0.2, -0.15) is 5.10 Å². The van der Waals surface area contributed by atoms with Crippen LogP contribution in [0, 0.1) is 13.8 Å². The van der Waals surface area contributed by atoms with E-state index in [9.17, 15) is 0 Å². The van der Waals surface area contributed by atoms with Crippen molar-refractivity contribution in [2.24, 2.45) is 0 Å². The summed E-state index contributed by atoms with van der Waals surface area (Å²) in [7, 11) is 0. The van der Waals surface area contributed by atoms with Gasteiger partial charge in [-0.1, -0.05) is 0 Å². The highest BCUT2D eigenvalue weighted by Crippen LogP contribution is 2.19. The molecule has 1 aromatic rings. The monoisotopic (exact) mass is 212 g/mol. The van der Waals surface area contributed by atoms with Gasteiger partial charge in [0, 0.05) is 13.1 Å². The quantitative estimate of drug-likeness (QED) is 0.659. The molecule has 0 aromatic carbocycles. The molecule has 4 nitrogen and oxygen atoms in total. The molecule has 0 N–H and O–H groups in total. The third kappa shape index (κ3) is 1.80. The van der Waals surface area contributed by atoms with Gasteiger partial charge in [0.25, 0.3) is 0 Å². The average molecular weight is 213 g/mol. The summed E-state index contributed by atoms with van der Waals surface area (Å²) < 4.78 is 0. The molecular formula is C9H13ClN4. The minimum absolute atomic E-state index is 0.222. The Kier molecular flexibility index (Phi) is 2.54. The smallest absolute Gasteiger partial charge is 0.245 e. The van der Waals surface area contributed by atoms with Crippen LogP contribution < -0.4 is 4.90 Å². The third-order valence-electron chi connectivity index (χ3n) is 2.49. The first kappa shape index (κ1) is 9.65. The standard InChI is InChI=1S/C9H13ClN4/c1-6-7(2)12-13-9(11-6)14-4-3-8(10)5-14/h8H,3-5H2,1-2H3. The van der Waals surface area contributed by atoms with Crippen LogP contribution >= 0.6 is 11.6 Å². The zero-order valence-corrected chi connectivity index (χ0v) is 9.12. The first-order chi connectivity index (χ1) is 6.66. The SMILES string of the molecule is Cc1nnc(N2CCC(Cl)C2)nc1C. The van der Waals surface area contributed by atoms with Gasteiger partial charge in [0.2, 0.25) is 5.95 Å². The van der Waals surface area contributed by atoms with Crippen molar-refractivity contribution in [2.45, 2.75) is 25.6 Å². The number of anilines is 1. The lowest BCUT2D eigenvalue weighted by molar-refractivity contribution is 0.819.